The first-order valence-corrected chi connectivity index (χ1v) is 5.66. The first kappa shape index (κ1) is 17.9. The molecular formula is C11H19Cl2N5O. The van der Waals surface area contributed by atoms with E-state index in [1.54, 1.807) is 0 Å². The van der Waals surface area contributed by atoms with E-state index in [9.17, 15) is 4.79 Å². The summed E-state index contributed by atoms with van der Waals surface area (Å²) in [4.78, 5) is 19.8. The summed E-state index contributed by atoms with van der Waals surface area (Å²) in [5.41, 5.74) is 11.1. The van der Waals surface area contributed by atoms with Gasteiger partial charge in [0.1, 0.15) is 0 Å². The molecule has 108 valence electrons. The number of halogens is 2. The molecule has 1 saturated carbocycles. The largest absolute Gasteiger partial charge is 0.382 e. The van der Waals surface area contributed by atoms with Gasteiger partial charge in [0.2, 0.25) is 0 Å². The van der Waals surface area contributed by atoms with Crippen LogP contribution in [0.1, 0.15) is 30.3 Å². The zero-order chi connectivity index (χ0) is 12.5. The van der Waals surface area contributed by atoms with Crippen molar-refractivity contribution < 1.29 is 4.79 Å². The fraction of sp³-hybridized carbons (Fsp3) is 0.545. The minimum atomic E-state index is -0.374. The van der Waals surface area contributed by atoms with Crippen molar-refractivity contribution in [1.29, 1.82) is 0 Å². The molecule has 2 rings (SSSR count). The summed E-state index contributed by atoms with van der Waals surface area (Å²) in [5, 5.41) is 2.92. The van der Waals surface area contributed by atoms with Crippen LogP contribution in [0.25, 0.3) is 0 Å². The summed E-state index contributed by atoms with van der Waals surface area (Å²) in [5.74, 6) is 0.282. The van der Waals surface area contributed by atoms with Crippen LogP contribution >= 0.6 is 24.8 Å². The van der Waals surface area contributed by atoms with E-state index in [0.29, 0.717) is 12.5 Å². The van der Waals surface area contributed by atoms with Gasteiger partial charge in [-0.3, -0.25) is 4.79 Å². The van der Waals surface area contributed by atoms with E-state index in [-0.39, 0.29) is 47.8 Å². The molecule has 1 aromatic rings. The molecule has 1 heterocycles. The predicted molar refractivity (Wildman–Crippen MR) is 78.6 cm³/mol. The number of carbonyl (C=O) groups excluding carboxylic acids is 1. The standard InChI is InChI=1S/C11H17N5O.2ClH/c1-11(6-12,7-2-3-7)16-10(17)8-9(13)15-5-4-14-8;;/h4-5,7H,2-3,6,12H2,1H3,(H2,13,15)(H,16,17);2*1H. The maximum absolute atomic E-state index is 12.0. The number of amides is 1. The maximum atomic E-state index is 12.0. The topological polar surface area (TPSA) is 107 Å². The van der Waals surface area contributed by atoms with Gasteiger partial charge in [-0.15, -0.1) is 24.8 Å². The summed E-state index contributed by atoms with van der Waals surface area (Å²) in [6.07, 6.45) is 5.10. The molecule has 1 atom stereocenters. The smallest absolute Gasteiger partial charge is 0.274 e. The lowest BCUT2D eigenvalue weighted by Gasteiger charge is -2.29. The minimum absolute atomic E-state index is 0. The van der Waals surface area contributed by atoms with Crippen molar-refractivity contribution in [2.45, 2.75) is 25.3 Å². The van der Waals surface area contributed by atoms with Crippen LogP contribution in [0.2, 0.25) is 0 Å². The Morgan fingerprint density at radius 2 is 2.00 bits per heavy atom. The van der Waals surface area contributed by atoms with Gasteiger partial charge in [0.25, 0.3) is 5.91 Å². The van der Waals surface area contributed by atoms with Gasteiger partial charge in [-0.2, -0.15) is 0 Å². The van der Waals surface area contributed by atoms with Crippen LogP contribution in [-0.2, 0) is 0 Å². The molecule has 1 fully saturated rings. The lowest BCUT2D eigenvalue weighted by molar-refractivity contribution is 0.0893. The number of nitrogens with one attached hydrogen (secondary N) is 1. The second-order valence-electron chi connectivity index (χ2n) is 4.64. The van der Waals surface area contributed by atoms with Crippen LogP contribution < -0.4 is 16.8 Å². The highest BCUT2D eigenvalue weighted by Gasteiger charge is 2.42. The molecule has 6 nitrogen and oxygen atoms in total. The fourth-order valence-electron chi connectivity index (χ4n) is 1.88. The molecule has 1 unspecified atom stereocenters. The third-order valence-corrected chi connectivity index (χ3v) is 3.24. The summed E-state index contributed by atoms with van der Waals surface area (Å²) < 4.78 is 0. The Bertz CT molecular complexity index is 441. The van der Waals surface area contributed by atoms with Crippen LogP contribution in [0.15, 0.2) is 12.4 Å². The molecular weight excluding hydrogens is 289 g/mol. The Balaban J connectivity index is 0.00000162. The van der Waals surface area contributed by atoms with Gasteiger partial charge in [0, 0.05) is 18.9 Å². The second kappa shape index (κ2) is 6.88. The average molecular weight is 308 g/mol. The molecule has 19 heavy (non-hydrogen) atoms. The van der Waals surface area contributed by atoms with E-state index >= 15 is 0 Å². The number of hydrogen-bond acceptors (Lipinski definition) is 5. The van der Waals surface area contributed by atoms with Gasteiger partial charge in [-0.25, -0.2) is 9.97 Å². The Kier molecular flexibility index (Phi) is 6.48. The van der Waals surface area contributed by atoms with E-state index in [2.05, 4.69) is 15.3 Å². The molecule has 0 aromatic carbocycles. The Labute approximate surface area is 124 Å². The molecule has 0 aliphatic heterocycles. The summed E-state index contributed by atoms with van der Waals surface area (Å²) in [7, 11) is 0. The molecule has 5 N–H and O–H groups in total. The normalized spacial score (nSPS) is 16.5. The first-order chi connectivity index (χ1) is 8.07. The number of nitrogens with zero attached hydrogens (tertiary/aromatic N) is 2. The van der Waals surface area contributed by atoms with Crippen molar-refractivity contribution in [1.82, 2.24) is 15.3 Å². The number of rotatable bonds is 4. The number of hydrogen-bond donors (Lipinski definition) is 3. The lowest BCUT2D eigenvalue weighted by Crippen LogP contribution is -2.53. The molecule has 0 saturated heterocycles. The monoisotopic (exact) mass is 307 g/mol. The highest BCUT2D eigenvalue weighted by molar-refractivity contribution is 5.96. The minimum Gasteiger partial charge on any atom is -0.382 e. The number of nitrogens with two attached hydrogens (primary N) is 2. The van der Waals surface area contributed by atoms with Gasteiger partial charge < -0.3 is 16.8 Å². The van der Waals surface area contributed by atoms with Crippen LogP contribution in [-0.4, -0.2) is 28.0 Å². The van der Waals surface area contributed by atoms with Crippen molar-refractivity contribution >= 4 is 36.5 Å². The highest BCUT2D eigenvalue weighted by atomic mass is 35.5. The van der Waals surface area contributed by atoms with Crippen LogP contribution in [0.5, 0.6) is 0 Å². The first-order valence-electron chi connectivity index (χ1n) is 5.66. The quantitative estimate of drug-likeness (QED) is 0.761. The van der Waals surface area contributed by atoms with E-state index in [0.717, 1.165) is 12.8 Å². The Hall–Kier alpha value is -1.11. The maximum Gasteiger partial charge on any atom is 0.274 e. The van der Waals surface area contributed by atoms with Crippen molar-refractivity contribution in [3.05, 3.63) is 18.1 Å². The molecule has 1 aromatic heterocycles. The van der Waals surface area contributed by atoms with Crippen molar-refractivity contribution in [2.24, 2.45) is 11.7 Å². The van der Waals surface area contributed by atoms with E-state index < -0.39 is 0 Å². The SMILES string of the molecule is CC(CN)(NC(=O)c1nccnc1N)C1CC1.Cl.Cl. The van der Waals surface area contributed by atoms with Crippen LogP contribution in [0.4, 0.5) is 5.82 Å². The summed E-state index contributed by atoms with van der Waals surface area (Å²) in [6.45, 7) is 2.36. The molecule has 8 heteroatoms. The van der Waals surface area contributed by atoms with Gasteiger partial charge in [-0.1, -0.05) is 0 Å². The average Bonchev–Trinajstić information content (AvgIpc) is 3.13. The van der Waals surface area contributed by atoms with Gasteiger partial charge in [-0.05, 0) is 25.7 Å². The molecule has 0 bridgehead atoms. The van der Waals surface area contributed by atoms with Crippen molar-refractivity contribution in [3.8, 4) is 0 Å². The van der Waals surface area contributed by atoms with Crippen LogP contribution in [0, 0.1) is 5.92 Å². The number of aromatic nitrogens is 2. The van der Waals surface area contributed by atoms with Crippen molar-refractivity contribution in [2.75, 3.05) is 12.3 Å². The third-order valence-electron chi connectivity index (χ3n) is 3.24. The lowest BCUT2D eigenvalue weighted by atomic mass is 9.96. The molecule has 0 spiro atoms. The molecule has 1 amide bonds. The van der Waals surface area contributed by atoms with Crippen LogP contribution in [0.3, 0.4) is 0 Å². The number of carbonyl (C=O) groups is 1. The van der Waals surface area contributed by atoms with Gasteiger partial charge in [0.05, 0.1) is 5.54 Å². The molecule has 0 radical (unpaired) electrons. The molecule has 1 aliphatic rings. The molecule has 1 aliphatic carbocycles. The second-order valence-corrected chi connectivity index (χ2v) is 4.64. The zero-order valence-electron chi connectivity index (χ0n) is 10.6. The Morgan fingerprint density at radius 3 is 2.47 bits per heavy atom. The van der Waals surface area contributed by atoms with E-state index in [1.807, 2.05) is 6.92 Å². The van der Waals surface area contributed by atoms with E-state index in [4.69, 9.17) is 11.5 Å². The van der Waals surface area contributed by atoms with Gasteiger partial charge >= 0.3 is 0 Å². The fourth-order valence-corrected chi connectivity index (χ4v) is 1.88. The van der Waals surface area contributed by atoms with Crippen molar-refractivity contribution in [3.63, 3.8) is 0 Å². The predicted octanol–water partition coefficient (Wildman–Crippen LogP) is 0.760. The summed E-state index contributed by atoms with van der Waals surface area (Å²) >= 11 is 0. The third kappa shape index (κ3) is 3.92. The zero-order valence-corrected chi connectivity index (χ0v) is 12.3. The van der Waals surface area contributed by atoms with E-state index in [1.165, 1.54) is 12.4 Å². The number of nitrogen functional groups attached to an aromatic ring is 1. The Morgan fingerprint density at radius 1 is 1.42 bits per heavy atom. The number of anilines is 1. The highest BCUT2D eigenvalue weighted by Crippen LogP contribution is 2.39. The van der Waals surface area contributed by atoms with Gasteiger partial charge in [0.15, 0.2) is 11.5 Å². The summed E-state index contributed by atoms with van der Waals surface area (Å²) in [6, 6.07) is 0.